The van der Waals surface area contributed by atoms with Crippen molar-refractivity contribution >= 4 is 35.0 Å². The van der Waals surface area contributed by atoms with E-state index in [1.807, 2.05) is 0 Å². The van der Waals surface area contributed by atoms with Crippen molar-refractivity contribution < 1.29 is 5.11 Å². The van der Waals surface area contributed by atoms with Crippen LogP contribution in [-0.2, 0) is 0 Å². The van der Waals surface area contributed by atoms with Crippen molar-refractivity contribution in [3.05, 3.63) is 46.6 Å². The van der Waals surface area contributed by atoms with Crippen LogP contribution in [0.3, 0.4) is 0 Å². The Bertz CT molecular complexity index is 502. The Hall–Kier alpha value is -0.900. The summed E-state index contributed by atoms with van der Waals surface area (Å²) in [5, 5.41) is 11.5. The summed E-state index contributed by atoms with van der Waals surface area (Å²) < 4.78 is 0. The maximum absolute atomic E-state index is 9.62. The van der Waals surface area contributed by atoms with Gasteiger partial charge < -0.3 is 5.11 Å². The molecule has 0 radical (unpaired) electrons. The Labute approximate surface area is 107 Å². The standard InChI is InChI=1S/C11H7Cl2NOS/c12-7-1-3-9(15)10(5-7)16-11-4-2-8(13)6-14-11/h1-6,15H. The van der Waals surface area contributed by atoms with Crippen LogP contribution in [0.15, 0.2) is 46.5 Å². The Morgan fingerprint density at radius 3 is 2.50 bits per heavy atom. The number of hydrogen-bond acceptors (Lipinski definition) is 3. The average Bonchev–Trinajstić information content (AvgIpc) is 2.27. The molecule has 0 atom stereocenters. The van der Waals surface area contributed by atoms with Crippen molar-refractivity contribution in [1.29, 1.82) is 0 Å². The molecule has 0 unspecified atom stereocenters. The second-order valence-electron chi connectivity index (χ2n) is 3.03. The van der Waals surface area contributed by atoms with E-state index in [0.717, 1.165) is 5.03 Å². The van der Waals surface area contributed by atoms with Gasteiger partial charge in [-0.05, 0) is 30.3 Å². The van der Waals surface area contributed by atoms with Gasteiger partial charge in [0, 0.05) is 11.2 Å². The first-order valence-corrected chi connectivity index (χ1v) is 6.00. The number of aromatic hydroxyl groups is 1. The minimum atomic E-state index is 0.186. The number of hydrogen-bond donors (Lipinski definition) is 1. The first kappa shape index (κ1) is 11.6. The molecule has 1 N–H and O–H groups in total. The molecule has 0 aliphatic rings. The zero-order chi connectivity index (χ0) is 11.5. The SMILES string of the molecule is Oc1ccc(Cl)cc1Sc1ccc(Cl)cn1. The van der Waals surface area contributed by atoms with Gasteiger partial charge in [-0.3, -0.25) is 0 Å². The third-order valence-corrected chi connectivity index (χ3v) is 3.29. The van der Waals surface area contributed by atoms with E-state index in [2.05, 4.69) is 4.98 Å². The third-order valence-electron chi connectivity index (χ3n) is 1.84. The molecule has 2 rings (SSSR count). The predicted octanol–water partition coefficient (Wildman–Crippen LogP) is 4.25. The van der Waals surface area contributed by atoms with E-state index in [4.69, 9.17) is 23.2 Å². The zero-order valence-corrected chi connectivity index (χ0v) is 10.4. The van der Waals surface area contributed by atoms with E-state index >= 15 is 0 Å². The zero-order valence-electron chi connectivity index (χ0n) is 8.02. The lowest BCUT2D eigenvalue weighted by atomic mass is 10.3. The number of aromatic nitrogens is 1. The molecule has 5 heteroatoms. The Kier molecular flexibility index (Phi) is 3.59. The van der Waals surface area contributed by atoms with E-state index in [1.165, 1.54) is 11.8 Å². The average molecular weight is 272 g/mol. The molecule has 0 aliphatic heterocycles. The van der Waals surface area contributed by atoms with Crippen LogP contribution in [0.2, 0.25) is 10.0 Å². The maximum Gasteiger partial charge on any atom is 0.129 e. The van der Waals surface area contributed by atoms with Crippen molar-refractivity contribution in [2.75, 3.05) is 0 Å². The van der Waals surface area contributed by atoms with Gasteiger partial charge in [0.15, 0.2) is 0 Å². The Morgan fingerprint density at radius 2 is 1.81 bits per heavy atom. The number of halogens is 2. The molecule has 82 valence electrons. The summed E-state index contributed by atoms with van der Waals surface area (Å²) in [5.74, 6) is 0.186. The molecule has 1 heterocycles. The minimum absolute atomic E-state index is 0.186. The van der Waals surface area contributed by atoms with E-state index < -0.39 is 0 Å². The molecule has 0 spiro atoms. The first-order valence-electron chi connectivity index (χ1n) is 4.43. The van der Waals surface area contributed by atoms with Gasteiger partial charge in [0.05, 0.1) is 9.92 Å². The highest BCUT2D eigenvalue weighted by molar-refractivity contribution is 7.99. The fourth-order valence-electron chi connectivity index (χ4n) is 1.10. The van der Waals surface area contributed by atoms with Crippen LogP contribution in [-0.4, -0.2) is 10.1 Å². The minimum Gasteiger partial charge on any atom is -0.507 e. The van der Waals surface area contributed by atoms with Gasteiger partial charge in [0.2, 0.25) is 0 Å². The summed E-state index contributed by atoms with van der Waals surface area (Å²) in [4.78, 5) is 4.79. The number of pyridine rings is 1. The Balaban J connectivity index is 2.26. The van der Waals surface area contributed by atoms with E-state index in [-0.39, 0.29) is 5.75 Å². The van der Waals surface area contributed by atoms with Crippen LogP contribution in [0.5, 0.6) is 5.75 Å². The molecule has 1 aromatic carbocycles. The smallest absolute Gasteiger partial charge is 0.129 e. The monoisotopic (exact) mass is 271 g/mol. The van der Waals surface area contributed by atoms with Crippen molar-refractivity contribution in [2.45, 2.75) is 9.92 Å². The number of phenolic OH excluding ortho intramolecular Hbond substituents is 1. The molecule has 0 aliphatic carbocycles. The predicted molar refractivity (Wildman–Crippen MR) is 66.5 cm³/mol. The third kappa shape index (κ3) is 2.82. The normalized spacial score (nSPS) is 10.4. The first-order chi connectivity index (χ1) is 7.65. The second kappa shape index (κ2) is 4.95. The highest BCUT2D eigenvalue weighted by Crippen LogP contribution is 2.35. The summed E-state index contributed by atoms with van der Waals surface area (Å²) in [5.41, 5.74) is 0. The largest absolute Gasteiger partial charge is 0.507 e. The highest BCUT2D eigenvalue weighted by atomic mass is 35.5. The molecular formula is C11H7Cl2NOS. The Morgan fingerprint density at radius 1 is 1.06 bits per heavy atom. The molecule has 2 aromatic rings. The lowest BCUT2D eigenvalue weighted by Gasteiger charge is -2.04. The van der Waals surface area contributed by atoms with Crippen LogP contribution >= 0.6 is 35.0 Å². The van der Waals surface area contributed by atoms with Crippen molar-refractivity contribution in [2.24, 2.45) is 0 Å². The molecule has 0 saturated heterocycles. The molecular weight excluding hydrogens is 265 g/mol. The highest BCUT2D eigenvalue weighted by Gasteiger charge is 2.05. The molecule has 16 heavy (non-hydrogen) atoms. The van der Waals surface area contributed by atoms with Crippen LogP contribution in [0.25, 0.3) is 0 Å². The lowest BCUT2D eigenvalue weighted by Crippen LogP contribution is -1.80. The van der Waals surface area contributed by atoms with Gasteiger partial charge in [-0.25, -0.2) is 4.98 Å². The van der Waals surface area contributed by atoms with Gasteiger partial charge in [-0.15, -0.1) is 0 Å². The topological polar surface area (TPSA) is 33.1 Å². The van der Waals surface area contributed by atoms with Crippen molar-refractivity contribution in [1.82, 2.24) is 4.98 Å². The van der Waals surface area contributed by atoms with Gasteiger partial charge in [-0.2, -0.15) is 0 Å². The van der Waals surface area contributed by atoms with E-state index in [1.54, 1.807) is 36.5 Å². The molecule has 0 fully saturated rings. The van der Waals surface area contributed by atoms with Crippen LogP contribution < -0.4 is 0 Å². The molecule has 0 saturated carbocycles. The second-order valence-corrected chi connectivity index (χ2v) is 4.96. The number of benzene rings is 1. The van der Waals surface area contributed by atoms with Gasteiger partial charge in [0.25, 0.3) is 0 Å². The van der Waals surface area contributed by atoms with Crippen LogP contribution in [0.1, 0.15) is 0 Å². The summed E-state index contributed by atoms with van der Waals surface area (Å²) in [6.45, 7) is 0. The fourth-order valence-corrected chi connectivity index (χ4v) is 2.28. The lowest BCUT2D eigenvalue weighted by molar-refractivity contribution is 0.462. The van der Waals surface area contributed by atoms with Gasteiger partial charge in [0.1, 0.15) is 10.8 Å². The summed E-state index contributed by atoms with van der Waals surface area (Å²) >= 11 is 12.9. The van der Waals surface area contributed by atoms with E-state index in [0.29, 0.717) is 14.9 Å². The quantitative estimate of drug-likeness (QED) is 0.887. The van der Waals surface area contributed by atoms with E-state index in [9.17, 15) is 5.11 Å². The van der Waals surface area contributed by atoms with Crippen LogP contribution in [0.4, 0.5) is 0 Å². The fraction of sp³-hybridized carbons (Fsp3) is 0. The van der Waals surface area contributed by atoms with Gasteiger partial charge in [-0.1, -0.05) is 35.0 Å². The van der Waals surface area contributed by atoms with Crippen LogP contribution in [0, 0.1) is 0 Å². The molecule has 1 aromatic heterocycles. The summed E-state index contributed by atoms with van der Waals surface area (Å²) in [7, 11) is 0. The van der Waals surface area contributed by atoms with Crippen molar-refractivity contribution in [3.63, 3.8) is 0 Å². The summed E-state index contributed by atoms with van der Waals surface area (Å²) in [6.07, 6.45) is 1.56. The molecule has 0 bridgehead atoms. The molecule has 2 nitrogen and oxygen atoms in total. The van der Waals surface area contributed by atoms with Crippen molar-refractivity contribution in [3.8, 4) is 5.75 Å². The van der Waals surface area contributed by atoms with Gasteiger partial charge >= 0.3 is 0 Å². The summed E-state index contributed by atoms with van der Waals surface area (Å²) in [6, 6.07) is 8.42. The number of nitrogens with zero attached hydrogens (tertiary/aromatic N) is 1. The number of phenols is 1. The number of rotatable bonds is 2. The molecule has 0 amide bonds. The maximum atomic E-state index is 9.62.